The van der Waals surface area contributed by atoms with E-state index in [2.05, 4.69) is 41.4 Å². The Morgan fingerprint density at radius 3 is 2.40 bits per heavy atom. The molecule has 2 N–H and O–H groups in total. The first-order chi connectivity index (χ1) is 9.58. The van der Waals surface area contributed by atoms with Crippen LogP contribution in [-0.4, -0.2) is 25.7 Å². The highest BCUT2D eigenvalue weighted by atomic mass is 32.1. The summed E-state index contributed by atoms with van der Waals surface area (Å²) in [5.41, 5.74) is 3.41. The number of aliphatic hydroxyl groups is 1. The Kier molecular flexibility index (Phi) is 5.17. The maximum atomic E-state index is 10.1. The fraction of sp³-hybridized carbons (Fsp3) is 0.375. The highest BCUT2D eigenvalue weighted by Crippen LogP contribution is 2.19. The molecule has 2 aromatic rings. The SMILES string of the molecule is CC(NCC(O)c1ccsc1)c1ccc(N(C)C)cc1. The van der Waals surface area contributed by atoms with Gasteiger partial charge in [0.2, 0.25) is 0 Å². The van der Waals surface area contributed by atoms with Crippen molar-refractivity contribution in [3.8, 4) is 0 Å². The van der Waals surface area contributed by atoms with E-state index in [1.165, 1.54) is 11.3 Å². The summed E-state index contributed by atoms with van der Waals surface area (Å²) in [5.74, 6) is 0. The van der Waals surface area contributed by atoms with Gasteiger partial charge in [0.05, 0.1) is 6.10 Å². The van der Waals surface area contributed by atoms with Crippen LogP contribution in [0.5, 0.6) is 0 Å². The molecule has 3 nitrogen and oxygen atoms in total. The molecule has 0 spiro atoms. The van der Waals surface area contributed by atoms with Crippen molar-refractivity contribution in [3.05, 3.63) is 52.2 Å². The Morgan fingerprint density at radius 1 is 1.15 bits per heavy atom. The van der Waals surface area contributed by atoms with Gasteiger partial charge in [0, 0.05) is 32.4 Å². The fourth-order valence-corrected chi connectivity index (χ4v) is 2.76. The second kappa shape index (κ2) is 6.88. The minimum absolute atomic E-state index is 0.222. The average molecular weight is 290 g/mol. The smallest absolute Gasteiger partial charge is 0.0922 e. The first-order valence-corrected chi connectivity index (χ1v) is 7.73. The lowest BCUT2D eigenvalue weighted by atomic mass is 10.1. The Bertz CT molecular complexity index is 508. The van der Waals surface area contributed by atoms with E-state index in [9.17, 15) is 5.11 Å². The van der Waals surface area contributed by atoms with Crippen molar-refractivity contribution in [2.75, 3.05) is 25.5 Å². The van der Waals surface area contributed by atoms with Gasteiger partial charge in [0.15, 0.2) is 0 Å². The summed E-state index contributed by atoms with van der Waals surface area (Å²) in [4.78, 5) is 2.09. The molecule has 0 aliphatic heterocycles. The van der Waals surface area contributed by atoms with E-state index in [4.69, 9.17) is 0 Å². The van der Waals surface area contributed by atoms with E-state index in [0.29, 0.717) is 6.54 Å². The van der Waals surface area contributed by atoms with Crippen molar-refractivity contribution in [1.82, 2.24) is 5.32 Å². The first kappa shape index (κ1) is 15.0. The van der Waals surface area contributed by atoms with Gasteiger partial charge in [-0.05, 0) is 47.0 Å². The molecule has 108 valence electrons. The topological polar surface area (TPSA) is 35.5 Å². The minimum Gasteiger partial charge on any atom is -0.387 e. The highest BCUT2D eigenvalue weighted by molar-refractivity contribution is 7.07. The molecule has 0 amide bonds. The maximum Gasteiger partial charge on any atom is 0.0922 e. The van der Waals surface area contributed by atoms with Gasteiger partial charge in [-0.3, -0.25) is 0 Å². The maximum absolute atomic E-state index is 10.1. The van der Waals surface area contributed by atoms with Gasteiger partial charge in [0.1, 0.15) is 0 Å². The molecule has 20 heavy (non-hydrogen) atoms. The van der Waals surface area contributed by atoms with Crippen molar-refractivity contribution >= 4 is 17.0 Å². The van der Waals surface area contributed by atoms with Gasteiger partial charge in [-0.15, -0.1) is 0 Å². The zero-order valence-electron chi connectivity index (χ0n) is 12.2. The quantitative estimate of drug-likeness (QED) is 0.857. The van der Waals surface area contributed by atoms with Crippen LogP contribution in [0.4, 0.5) is 5.69 Å². The lowest BCUT2D eigenvalue weighted by Gasteiger charge is -2.18. The zero-order chi connectivity index (χ0) is 14.5. The van der Waals surface area contributed by atoms with Crippen LogP contribution in [0.3, 0.4) is 0 Å². The monoisotopic (exact) mass is 290 g/mol. The van der Waals surface area contributed by atoms with Crippen molar-refractivity contribution in [2.45, 2.75) is 19.1 Å². The van der Waals surface area contributed by atoms with E-state index < -0.39 is 6.10 Å². The molecule has 0 saturated carbocycles. The van der Waals surface area contributed by atoms with Gasteiger partial charge in [-0.1, -0.05) is 12.1 Å². The third-order valence-electron chi connectivity index (χ3n) is 3.45. The van der Waals surface area contributed by atoms with Gasteiger partial charge >= 0.3 is 0 Å². The summed E-state index contributed by atoms with van der Waals surface area (Å²) >= 11 is 1.61. The van der Waals surface area contributed by atoms with Crippen LogP contribution < -0.4 is 10.2 Å². The predicted octanol–water partition coefficient (Wildman–Crippen LogP) is 3.20. The first-order valence-electron chi connectivity index (χ1n) is 6.78. The van der Waals surface area contributed by atoms with Crippen LogP contribution >= 0.6 is 11.3 Å². The van der Waals surface area contributed by atoms with Crippen LogP contribution in [0.25, 0.3) is 0 Å². The van der Waals surface area contributed by atoms with E-state index >= 15 is 0 Å². The molecule has 0 saturated heterocycles. The summed E-state index contributed by atoms with van der Waals surface area (Å²) in [6.45, 7) is 2.68. The summed E-state index contributed by atoms with van der Waals surface area (Å²) in [5, 5.41) is 17.4. The van der Waals surface area contributed by atoms with Crippen LogP contribution in [0.1, 0.15) is 30.2 Å². The molecular weight excluding hydrogens is 268 g/mol. The summed E-state index contributed by atoms with van der Waals surface area (Å²) in [7, 11) is 4.07. The minimum atomic E-state index is -0.440. The number of thiophene rings is 1. The highest BCUT2D eigenvalue weighted by Gasteiger charge is 2.11. The molecule has 0 fully saturated rings. The summed E-state index contributed by atoms with van der Waals surface area (Å²) in [6, 6.07) is 10.7. The third kappa shape index (κ3) is 3.82. The molecule has 2 unspecified atom stereocenters. The zero-order valence-corrected chi connectivity index (χ0v) is 13.0. The fourth-order valence-electron chi connectivity index (χ4n) is 2.05. The molecule has 0 aliphatic rings. The third-order valence-corrected chi connectivity index (χ3v) is 4.16. The van der Waals surface area contributed by atoms with Crippen LogP contribution in [0.2, 0.25) is 0 Å². The molecule has 1 aromatic heterocycles. The molecule has 0 radical (unpaired) electrons. The largest absolute Gasteiger partial charge is 0.387 e. The van der Waals surface area contributed by atoms with Gasteiger partial charge in [-0.2, -0.15) is 11.3 Å². The lowest BCUT2D eigenvalue weighted by Crippen LogP contribution is -2.24. The second-order valence-corrected chi connectivity index (χ2v) is 5.97. The Morgan fingerprint density at radius 2 is 1.85 bits per heavy atom. The second-order valence-electron chi connectivity index (χ2n) is 5.19. The van der Waals surface area contributed by atoms with Crippen LogP contribution in [-0.2, 0) is 0 Å². The number of aliphatic hydroxyl groups excluding tert-OH is 1. The van der Waals surface area contributed by atoms with Crippen molar-refractivity contribution < 1.29 is 5.11 Å². The Labute approximate surface area is 124 Å². The number of nitrogens with zero attached hydrogens (tertiary/aromatic N) is 1. The van der Waals surface area contributed by atoms with E-state index in [0.717, 1.165) is 5.56 Å². The molecule has 2 rings (SSSR count). The van der Waals surface area contributed by atoms with Crippen molar-refractivity contribution in [1.29, 1.82) is 0 Å². The van der Waals surface area contributed by atoms with E-state index in [-0.39, 0.29) is 6.04 Å². The molecule has 4 heteroatoms. The van der Waals surface area contributed by atoms with Gasteiger partial charge in [-0.25, -0.2) is 0 Å². The average Bonchev–Trinajstić information content (AvgIpc) is 2.98. The van der Waals surface area contributed by atoms with Gasteiger partial charge in [0.25, 0.3) is 0 Å². The standard InChI is InChI=1S/C16H22N2OS/c1-12(13-4-6-15(7-5-13)18(2)3)17-10-16(19)14-8-9-20-11-14/h4-9,11-12,16-17,19H,10H2,1-3H3. The van der Waals surface area contributed by atoms with Crippen molar-refractivity contribution in [2.24, 2.45) is 0 Å². The van der Waals surface area contributed by atoms with Crippen LogP contribution in [0, 0.1) is 0 Å². The van der Waals surface area contributed by atoms with E-state index in [1.807, 2.05) is 30.9 Å². The summed E-state index contributed by atoms with van der Waals surface area (Å²) in [6.07, 6.45) is -0.440. The lowest BCUT2D eigenvalue weighted by molar-refractivity contribution is 0.171. The summed E-state index contributed by atoms with van der Waals surface area (Å²) < 4.78 is 0. The molecule has 0 aliphatic carbocycles. The van der Waals surface area contributed by atoms with Crippen molar-refractivity contribution in [3.63, 3.8) is 0 Å². The molecule has 1 heterocycles. The number of hydrogen-bond donors (Lipinski definition) is 2. The van der Waals surface area contributed by atoms with Crippen LogP contribution in [0.15, 0.2) is 41.1 Å². The predicted molar refractivity (Wildman–Crippen MR) is 86.5 cm³/mol. The normalized spacial score (nSPS) is 14.0. The Balaban J connectivity index is 1.89. The number of rotatable bonds is 6. The Hall–Kier alpha value is -1.36. The number of nitrogens with one attached hydrogen (secondary N) is 1. The van der Waals surface area contributed by atoms with Gasteiger partial charge < -0.3 is 15.3 Å². The molecular formula is C16H22N2OS. The number of anilines is 1. The van der Waals surface area contributed by atoms with E-state index in [1.54, 1.807) is 11.3 Å². The molecule has 0 bridgehead atoms. The molecule has 2 atom stereocenters. The molecule has 1 aromatic carbocycles. The number of hydrogen-bond acceptors (Lipinski definition) is 4. The number of benzene rings is 1.